The van der Waals surface area contributed by atoms with Crippen molar-refractivity contribution in [2.45, 2.75) is 0 Å². The number of rotatable bonds is 1. The predicted octanol–water partition coefficient (Wildman–Crippen LogP) is -3.23. The van der Waals surface area contributed by atoms with Crippen LogP contribution in [0.5, 0.6) is 0 Å². The van der Waals surface area contributed by atoms with Gasteiger partial charge >= 0.3 is 31.7 Å². The van der Waals surface area contributed by atoms with E-state index in [-0.39, 0.29) is 6.41 Å². The summed E-state index contributed by atoms with van der Waals surface area (Å²) in [5.74, 6) is 0. The second-order valence-corrected chi connectivity index (χ2v) is 3.02. The minimum atomic E-state index is -3.14. The Bertz CT molecular complexity index is 46.5. The summed E-state index contributed by atoms with van der Waals surface area (Å²) in [5.41, 5.74) is 1.25. The van der Waals surface area contributed by atoms with Crippen molar-refractivity contribution in [3.05, 3.63) is 0 Å². The van der Waals surface area contributed by atoms with Crippen molar-refractivity contribution in [3.63, 3.8) is 0 Å². The van der Waals surface area contributed by atoms with Gasteiger partial charge in [-0.1, -0.05) is 0 Å². The first kappa shape index (κ1) is 11.0. The van der Waals surface area contributed by atoms with E-state index in [0.29, 0.717) is 0 Å². The topological polar surface area (TPSA) is 116 Å². The van der Waals surface area contributed by atoms with Crippen molar-refractivity contribution in [3.8, 4) is 0 Å². The standard InChI is InChI=1S/CH3NO2.H2N.2H2O.Sn.H/c3-1-2-4;;;;;/h1,4H,(H,2,3);3*1H2;;/q;-1;;;+3;/p-2. The summed E-state index contributed by atoms with van der Waals surface area (Å²) in [5, 5.41) is 7.26. The number of hydrogen-bond donors (Lipinski definition) is 5. The van der Waals surface area contributed by atoms with E-state index < -0.39 is 20.9 Å². The van der Waals surface area contributed by atoms with Crippen molar-refractivity contribution in [1.29, 1.82) is 0 Å². The molecule has 0 bridgehead atoms. The Morgan fingerprint density at radius 2 is 1.75 bits per heavy atom. The second kappa shape index (κ2) is 10.2. The minimum absolute atomic E-state index is 0.181. The van der Waals surface area contributed by atoms with E-state index in [1.54, 1.807) is 0 Å². The van der Waals surface area contributed by atoms with Crippen LogP contribution in [-0.2, 0) is 4.79 Å². The van der Waals surface area contributed by atoms with Crippen molar-refractivity contribution < 1.29 is 16.9 Å². The van der Waals surface area contributed by atoms with Crippen LogP contribution in [0.25, 0.3) is 0 Å². The van der Waals surface area contributed by atoms with Gasteiger partial charge in [-0.3, -0.25) is 10.0 Å². The van der Waals surface area contributed by atoms with Gasteiger partial charge in [-0.05, 0) is 0 Å². The van der Waals surface area contributed by atoms with Crippen LogP contribution in [0.4, 0.5) is 0 Å². The van der Waals surface area contributed by atoms with E-state index in [1.165, 1.54) is 5.48 Å². The third-order valence-corrected chi connectivity index (χ3v) is 0.0527. The molecule has 7 heteroatoms. The molecule has 8 heavy (non-hydrogen) atoms. The molecule has 0 aromatic heterocycles. The Kier molecular flexibility index (Phi) is 14.0. The summed E-state index contributed by atoms with van der Waals surface area (Å²) in [4.78, 5) is 8.81. The molecule has 0 fully saturated rings. The molecule has 50 valence electrons. The average molecular weight is 231 g/mol. The molecule has 0 saturated heterocycles. The van der Waals surface area contributed by atoms with Crippen LogP contribution in [0, 0.1) is 0 Å². The third kappa shape index (κ3) is 130. The third-order valence-electron chi connectivity index (χ3n) is 0.0527. The Labute approximate surface area is 54.1 Å². The summed E-state index contributed by atoms with van der Waals surface area (Å²) in [6, 6.07) is 0. The Balaban J connectivity index is 0. The van der Waals surface area contributed by atoms with Crippen molar-refractivity contribution in [2.24, 2.45) is 3.96 Å². The SMILES string of the molecule is O=CNO.[NH2][SnH]([OH])[OH]. The van der Waals surface area contributed by atoms with Gasteiger partial charge in [0.15, 0.2) is 0 Å². The Hall–Kier alpha value is 0.109. The molecule has 0 aromatic rings. The van der Waals surface area contributed by atoms with Crippen LogP contribution >= 0.6 is 0 Å². The number of nitrogens with one attached hydrogen (secondary N) is 1. The van der Waals surface area contributed by atoms with Crippen LogP contribution in [0.1, 0.15) is 0 Å². The monoisotopic (exact) mass is 232 g/mol. The number of hydrogen-bond acceptors (Lipinski definition) is 5. The molecule has 0 unspecified atom stereocenters. The van der Waals surface area contributed by atoms with Gasteiger partial charge in [0.25, 0.3) is 0 Å². The molecule has 0 radical (unpaired) electrons. The molecule has 0 aromatic carbocycles. The summed E-state index contributed by atoms with van der Waals surface area (Å²) in [7, 11) is 0. The first-order valence-electron chi connectivity index (χ1n) is 1.60. The number of hydroxylamine groups is 1. The molecule has 0 aliphatic heterocycles. The van der Waals surface area contributed by atoms with Crippen molar-refractivity contribution >= 4 is 27.3 Å². The Morgan fingerprint density at radius 1 is 1.62 bits per heavy atom. The van der Waals surface area contributed by atoms with Gasteiger partial charge in [-0.15, -0.1) is 0 Å². The van der Waals surface area contributed by atoms with Crippen LogP contribution in [0.15, 0.2) is 0 Å². The van der Waals surface area contributed by atoms with Crippen LogP contribution in [-0.4, -0.2) is 39.4 Å². The predicted molar refractivity (Wildman–Crippen MR) is 26.8 cm³/mol. The van der Waals surface area contributed by atoms with Gasteiger partial charge in [0, 0.05) is 0 Å². The zero-order valence-corrected chi connectivity index (χ0v) is 7.28. The fraction of sp³-hybridized carbons (Fsp3) is 0. The summed E-state index contributed by atoms with van der Waals surface area (Å²) >= 11 is -3.14. The summed E-state index contributed by atoms with van der Waals surface area (Å²) < 4.78 is 19.6. The molecule has 0 aliphatic carbocycles. The maximum atomic E-state index is 8.81. The van der Waals surface area contributed by atoms with Gasteiger partial charge in [-0.2, -0.15) is 0 Å². The zero-order chi connectivity index (χ0) is 6.99. The van der Waals surface area contributed by atoms with E-state index in [9.17, 15) is 0 Å². The molecule has 0 heterocycles. The molecule has 1 amide bonds. The second-order valence-electron chi connectivity index (χ2n) is 0.661. The zero-order valence-electron chi connectivity index (χ0n) is 3.98. The molecule has 0 saturated carbocycles. The van der Waals surface area contributed by atoms with Crippen LogP contribution in [0.3, 0.4) is 0 Å². The van der Waals surface area contributed by atoms with Gasteiger partial charge in [0.1, 0.15) is 0 Å². The number of nitrogens with two attached hydrogens (primary N) is 1. The fourth-order valence-electron chi connectivity index (χ4n) is 0. The molecular weight excluding hydrogens is 223 g/mol. The normalized spacial score (nSPS) is 7.12. The van der Waals surface area contributed by atoms with Crippen molar-refractivity contribution in [1.82, 2.24) is 5.48 Å². The number of amides is 1. The van der Waals surface area contributed by atoms with Gasteiger partial charge in [-0.25, -0.2) is 5.48 Å². The summed E-state index contributed by atoms with van der Waals surface area (Å²) in [6.45, 7) is 0. The van der Waals surface area contributed by atoms with Gasteiger partial charge in [0.05, 0.1) is 0 Å². The average Bonchev–Trinajstić information content (AvgIpc) is 1.65. The van der Waals surface area contributed by atoms with E-state index in [0.717, 1.165) is 0 Å². The molecule has 0 rings (SSSR count). The van der Waals surface area contributed by atoms with E-state index in [4.69, 9.17) is 16.9 Å². The molecule has 0 spiro atoms. The number of carbonyl (C=O) groups excluding carboxylic acids is 1. The first-order chi connectivity index (χ1) is 3.65. The van der Waals surface area contributed by atoms with Crippen molar-refractivity contribution in [2.75, 3.05) is 0 Å². The maximum absolute atomic E-state index is 8.81. The Morgan fingerprint density at radius 3 is 1.75 bits per heavy atom. The quantitative estimate of drug-likeness (QED) is 0.141. The molecular formula is CH8N2O4Sn. The number of carbonyl (C=O) groups is 1. The van der Waals surface area contributed by atoms with Gasteiger partial charge in [0.2, 0.25) is 6.41 Å². The van der Waals surface area contributed by atoms with Gasteiger partial charge < -0.3 is 0 Å². The molecule has 6 nitrogen and oxygen atoms in total. The van der Waals surface area contributed by atoms with Crippen LogP contribution in [0.2, 0.25) is 0 Å². The van der Waals surface area contributed by atoms with E-state index in [2.05, 4.69) is 3.96 Å². The van der Waals surface area contributed by atoms with Crippen LogP contribution < -0.4 is 9.44 Å². The first-order valence-corrected chi connectivity index (χ1v) is 6.45. The fourth-order valence-corrected chi connectivity index (χ4v) is 0. The molecule has 6 N–H and O–H groups in total. The summed E-state index contributed by atoms with van der Waals surface area (Å²) in [6.07, 6.45) is 0.181. The molecule has 0 aliphatic rings. The van der Waals surface area contributed by atoms with E-state index in [1.807, 2.05) is 0 Å². The molecule has 0 atom stereocenters. The van der Waals surface area contributed by atoms with E-state index >= 15 is 0 Å².